The third kappa shape index (κ3) is 1.61. The minimum atomic E-state index is 0.871. The van der Waals surface area contributed by atoms with E-state index in [9.17, 15) is 0 Å². The molecule has 0 amide bonds. The number of hydrogen-bond donors (Lipinski definition) is 2. The first kappa shape index (κ1) is 11.1. The zero-order chi connectivity index (χ0) is 11.9. The van der Waals surface area contributed by atoms with Gasteiger partial charge in [-0.05, 0) is 49.9 Å². The molecule has 0 aliphatic rings. The van der Waals surface area contributed by atoms with Crippen LogP contribution in [0.5, 0.6) is 0 Å². The average Bonchev–Trinajstić information content (AvgIpc) is 2.74. The van der Waals surface area contributed by atoms with Gasteiger partial charge >= 0.3 is 0 Å². The first-order valence-electron chi connectivity index (χ1n) is 5.36. The average molecular weight is 232 g/mol. The SMILES string of the molecule is Cc1c[nH]c(C(=S)c2[nH]cc(C)c2C)c1C. The molecule has 2 aromatic heterocycles. The van der Waals surface area contributed by atoms with Crippen molar-refractivity contribution >= 4 is 17.1 Å². The molecule has 0 atom stereocenters. The van der Waals surface area contributed by atoms with E-state index in [0.717, 1.165) is 16.3 Å². The van der Waals surface area contributed by atoms with Crippen molar-refractivity contribution in [3.05, 3.63) is 46.0 Å². The summed E-state index contributed by atoms with van der Waals surface area (Å²) in [5, 5.41) is 0. The van der Waals surface area contributed by atoms with Crippen molar-refractivity contribution in [3.63, 3.8) is 0 Å². The van der Waals surface area contributed by atoms with Gasteiger partial charge in [0.05, 0.1) is 16.3 Å². The molecule has 0 saturated carbocycles. The van der Waals surface area contributed by atoms with Crippen molar-refractivity contribution in [3.8, 4) is 0 Å². The molecule has 0 saturated heterocycles. The molecule has 2 heterocycles. The van der Waals surface area contributed by atoms with Crippen LogP contribution in [0.25, 0.3) is 0 Å². The Hall–Kier alpha value is -1.35. The fraction of sp³-hybridized carbons (Fsp3) is 0.308. The topological polar surface area (TPSA) is 31.6 Å². The van der Waals surface area contributed by atoms with Crippen molar-refractivity contribution in [2.45, 2.75) is 27.7 Å². The van der Waals surface area contributed by atoms with E-state index >= 15 is 0 Å². The second-order valence-corrected chi connectivity index (χ2v) is 4.68. The minimum Gasteiger partial charge on any atom is -0.360 e. The van der Waals surface area contributed by atoms with Gasteiger partial charge < -0.3 is 9.97 Å². The third-order valence-corrected chi connectivity index (χ3v) is 3.66. The van der Waals surface area contributed by atoms with Crippen LogP contribution < -0.4 is 0 Å². The molecule has 0 aliphatic carbocycles. The van der Waals surface area contributed by atoms with Crippen LogP contribution in [0.2, 0.25) is 0 Å². The van der Waals surface area contributed by atoms with E-state index in [-0.39, 0.29) is 0 Å². The number of aromatic amines is 2. The summed E-state index contributed by atoms with van der Waals surface area (Å²) in [6.45, 7) is 8.37. The van der Waals surface area contributed by atoms with Crippen LogP contribution in [0, 0.1) is 27.7 Å². The van der Waals surface area contributed by atoms with Crippen LogP contribution in [0.4, 0.5) is 0 Å². The zero-order valence-electron chi connectivity index (χ0n) is 10.1. The molecule has 0 bridgehead atoms. The summed E-state index contributed by atoms with van der Waals surface area (Å²) in [6.07, 6.45) is 4.00. The standard InChI is InChI=1S/C13H16N2S/c1-7-5-14-11(9(7)3)13(16)12-10(4)8(2)6-15-12/h5-6,14-15H,1-4H3. The summed E-state index contributed by atoms with van der Waals surface area (Å²) in [5.74, 6) is 0. The first-order chi connectivity index (χ1) is 7.52. The Bertz CT molecular complexity index is 498. The number of hydrogen-bond acceptors (Lipinski definition) is 1. The maximum atomic E-state index is 5.53. The van der Waals surface area contributed by atoms with E-state index in [0.29, 0.717) is 0 Å². The molecule has 0 fully saturated rings. The van der Waals surface area contributed by atoms with Gasteiger partial charge in [-0.3, -0.25) is 0 Å². The lowest BCUT2D eigenvalue weighted by Gasteiger charge is -2.03. The van der Waals surface area contributed by atoms with Gasteiger partial charge in [0, 0.05) is 12.4 Å². The van der Waals surface area contributed by atoms with Crippen LogP contribution >= 0.6 is 12.2 Å². The highest BCUT2D eigenvalue weighted by Gasteiger charge is 2.14. The lowest BCUT2D eigenvalue weighted by atomic mass is 10.1. The maximum Gasteiger partial charge on any atom is 0.0852 e. The molecule has 16 heavy (non-hydrogen) atoms. The number of aromatic nitrogens is 2. The fourth-order valence-corrected chi connectivity index (χ4v) is 2.21. The summed E-state index contributed by atoms with van der Waals surface area (Å²) < 4.78 is 0. The molecule has 2 N–H and O–H groups in total. The molecule has 2 rings (SSSR count). The van der Waals surface area contributed by atoms with Gasteiger partial charge in [-0.1, -0.05) is 12.2 Å². The van der Waals surface area contributed by atoms with Crippen LogP contribution in [-0.4, -0.2) is 14.8 Å². The Balaban J connectivity index is 2.47. The molecule has 3 heteroatoms. The lowest BCUT2D eigenvalue weighted by Crippen LogP contribution is -2.04. The Morgan fingerprint density at radius 3 is 1.50 bits per heavy atom. The largest absolute Gasteiger partial charge is 0.360 e. The molecule has 0 spiro atoms. The second kappa shape index (κ2) is 3.91. The maximum absolute atomic E-state index is 5.53. The van der Waals surface area contributed by atoms with Gasteiger partial charge in [-0.2, -0.15) is 0 Å². The summed E-state index contributed by atoms with van der Waals surface area (Å²) in [5.41, 5.74) is 7.07. The van der Waals surface area contributed by atoms with E-state index < -0.39 is 0 Å². The van der Waals surface area contributed by atoms with Gasteiger partial charge in [0.2, 0.25) is 0 Å². The number of thiocarbonyl (C=S) groups is 1. The van der Waals surface area contributed by atoms with E-state index in [4.69, 9.17) is 12.2 Å². The number of nitrogens with one attached hydrogen (secondary N) is 2. The van der Waals surface area contributed by atoms with E-state index in [2.05, 4.69) is 37.7 Å². The third-order valence-electron chi connectivity index (χ3n) is 3.25. The van der Waals surface area contributed by atoms with E-state index in [1.165, 1.54) is 22.3 Å². The molecular weight excluding hydrogens is 216 g/mol. The van der Waals surface area contributed by atoms with Crippen LogP contribution in [0.1, 0.15) is 33.6 Å². The molecule has 0 unspecified atom stereocenters. The number of H-pyrrole nitrogens is 2. The van der Waals surface area contributed by atoms with Crippen LogP contribution in [0.15, 0.2) is 12.4 Å². The highest BCUT2D eigenvalue weighted by molar-refractivity contribution is 7.81. The van der Waals surface area contributed by atoms with Crippen LogP contribution in [0.3, 0.4) is 0 Å². The van der Waals surface area contributed by atoms with E-state index in [1.807, 2.05) is 12.4 Å². The summed E-state index contributed by atoms with van der Waals surface area (Å²) in [7, 11) is 0. The molecule has 0 aromatic carbocycles. The van der Waals surface area contributed by atoms with Gasteiger partial charge in [-0.25, -0.2) is 0 Å². The van der Waals surface area contributed by atoms with Crippen molar-refractivity contribution in [1.29, 1.82) is 0 Å². The highest BCUT2D eigenvalue weighted by atomic mass is 32.1. The lowest BCUT2D eigenvalue weighted by molar-refractivity contribution is 1.30. The fourth-order valence-electron chi connectivity index (χ4n) is 1.78. The summed E-state index contributed by atoms with van der Waals surface area (Å²) in [6, 6.07) is 0. The van der Waals surface area contributed by atoms with Gasteiger partial charge in [0.1, 0.15) is 0 Å². The Kier molecular flexibility index (Phi) is 2.72. The smallest absolute Gasteiger partial charge is 0.0852 e. The highest BCUT2D eigenvalue weighted by Crippen LogP contribution is 2.20. The Morgan fingerprint density at radius 2 is 1.25 bits per heavy atom. The minimum absolute atomic E-state index is 0.871. The molecule has 0 radical (unpaired) electrons. The Morgan fingerprint density at radius 1 is 0.875 bits per heavy atom. The van der Waals surface area contributed by atoms with Gasteiger partial charge in [-0.15, -0.1) is 0 Å². The molecule has 2 aromatic rings. The number of aryl methyl sites for hydroxylation is 2. The van der Waals surface area contributed by atoms with Gasteiger partial charge in [0.15, 0.2) is 0 Å². The number of rotatable bonds is 2. The van der Waals surface area contributed by atoms with Crippen LogP contribution in [-0.2, 0) is 0 Å². The van der Waals surface area contributed by atoms with Crippen molar-refractivity contribution in [2.24, 2.45) is 0 Å². The Labute approximate surface area is 101 Å². The quantitative estimate of drug-likeness (QED) is 0.604. The van der Waals surface area contributed by atoms with Crippen molar-refractivity contribution < 1.29 is 0 Å². The molecule has 2 nitrogen and oxygen atoms in total. The molecular formula is C13H16N2S. The second-order valence-electron chi connectivity index (χ2n) is 4.27. The zero-order valence-corrected chi connectivity index (χ0v) is 10.9. The monoisotopic (exact) mass is 232 g/mol. The normalized spacial score (nSPS) is 10.8. The molecule has 0 aliphatic heterocycles. The first-order valence-corrected chi connectivity index (χ1v) is 5.77. The van der Waals surface area contributed by atoms with Gasteiger partial charge in [0.25, 0.3) is 0 Å². The predicted molar refractivity (Wildman–Crippen MR) is 71.3 cm³/mol. The predicted octanol–water partition coefficient (Wildman–Crippen LogP) is 3.34. The summed E-state index contributed by atoms with van der Waals surface area (Å²) in [4.78, 5) is 7.37. The van der Waals surface area contributed by atoms with E-state index in [1.54, 1.807) is 0 Å². The van der Waals surface area contributed by atoms with Crippen molar-refractivity contribution in [2.75, 3.05) is 0 Å². The summed E-state index contributed by atoms with van der Waals surface area (Å²) >= 11 is 5.53. The molecule has 84 valence electrons. The van der Waals surface area contributed by atoms with Crippen molar-refractivity contribution in [1.82, 2.24) is 9.97 Å².